The van der Waals surface area contributed by atoms with Crippen LogP contribution in [0.15, 0.2) is 4.52 Å². The third-order valence-electron chi connectivity index (χ3n) is 4.93. The van der Waals surface area contributed by atoms with E-state index in [1.54, 1.807) is 6.92 Å². The van der Waals surface area contributed by atoms with Gasteiger partial charge in [-0.2, -0.15) is 0 Å². The number of carbonyl (C=O) groups excluding carboxylic acids is 1. The molecule has 0 bridgehead atoms. The van der Waals surface area contributed by atoms with Gasteiger partial charge in [-0.1, -0.05) is 37.3 Å². The van der Waals surface area contributed by atoms with Crippen LogP contribution in [0.4, 0.5) is 0 Å². The standard InChI is InChI=1S/C18H28N2O4/c1-12-16(13(2)24-20-12)11-17(21)19-15(8-9-18(22)23)10-14-6-4-3-5-7-14/h14-15H,3-11H2,1-2H3,(H,19,21)(H,22,23). The van der Waals surface area contributed by atoms with E-state index in [-0.39, 0.29) is 24.8 Å². The molecule has 1 fully saturated rings. The Bertz CT molecular complexity index is 542. The lowest BCUT2D eigenvalue weighted by Crippen LogP contribution is -2.38. The Kier molecular flexibility index (Phi) is 6.82. The minimum Gasteiger partial charge on any atom is -0.481 e. The Hall–Kier alpha value is -1.85. The van der Waals surface area contributed by atoms with Crippen LogP contribution in [0.2, 0.25) is 0 Å². The van der Waals surface area contributed by atoms with Gasteiger partial charge in [0, 0.05) is 18.0 Å². The number of aromatic nitrogens is 1. The second-order valence-electron chi connectivity index (χ2n) is 6.92. The molecule has 0 radical (unpaired) electrons. The van der Waals surface area contributed by atoms with Gasteiger partial charge < -0.3 is 14.9 Å². The van der Waals surface area contributed by atoms with E-state index < -0.39 is 5.97 Å². The molecule has 1 atom stereocenters. The zero-order valence-corrected chi connectivity index (χ0v) is 14.6. The summed E-state index contributed by atoms with van der Waals surface area (Å²) in [5, 5.41) is 15.9. The van der Waals surface area contributed by atoms with Crippen LogP contribution >= 0.6 is 0 Å². The zero-order chi connectivity index (χ0) is 17.5. The topological polar surface area (TPSA) is 92.4 Å². The minimum atomic E-state index is -0.816. The van der Waals surface area contributed by atoms with Crippen molar-refractivity contribution in [1.29, 1.82) is 0 Å². The van der Waals surface area contributed by atoms with Crippen LogP contribution in [0, 0.1) is 19.8 Å². The number of hydrogen-bond donors (Lipinski definition) is 2. The maximum absolute atomic E-state index is 12.4. The summed E-state index contributed by atoms with van der Waals surface area (Å²) >= 11 is 0. The fraction of sp³-hybridized carbons (Fsp3) is 0.722. The highest BCUT2D eigenvalue weighted by Gasteiger charge is 2.22. The van der Waals surface area contributed by atoms with Crippen molar-refractivity contribution in [2.75, 3.05) is 0 Å². The van der Waals surface area contributed by atoms with Crippen LogP contribution in [-0.2, 0) is 16.0 Å². The fourth-order valence-corrected chi connectivity index (χ4v) is 3.57. The van der Waals surface area contributed by atoms with Crippen LogP contribution in [0.1, 0.15) is 68.4 Å². The normalized spacial score (nSPS) is 16.8. The molecular formula is C18H28N2O4. The van der Waals surface area contributed by atoms with Crippen molar-refractivity contribution in [3.8, 4) is 0 Å². The highest BCUT2D eigenvalue weighted by molar-refractivity contribution is 5.79. The van der Waals surface area contributed by atoms with E-state index in [1.165, 1.54) is 32.1 Å². The first kappa shape index (κ1) is 18.5. The second-order valence-corrected chi connectivity index (χ2v) is 6.92. The van der Waals surface area contributed by atoms with Gasteiger partial charge in [0.25, 0.3) is 0 Å². The molecule has 1 saturated carbocycles. The van der Waals surface area contributed by atoms with E-state index in [0.29, 0.717) is 18.1 Å². The molecule has 24 heavy (non-hydrogen) atoms. The Morgan fingerprint density at radius 1 is 1.29 bits per heavy atom. The summed E-state index contributed by atoms with van der Waals surface area (Å²) in [6.45, 7) is 3.62. The van der Waals surface area contributed by atoms with Crippen molar-refractivity contribution in [3.05, 3.63) is 17.0 Å². The molecule has 1 heterocycles. The Morgan fingerprint density at radius 3 is 2.58 bits per heavy atom. The van der Waals surface area contributed by atoms with Crippen LogP contribution in [0.25, 0.3) is 0 Å². The third kappa shape index (κ3) is 5.65. The number of carbonyl (C=O) groups is 2. The number of aliphatic carboxylic acids is 1. The van der Waals surface area contributed by atoms with Crippen LogP contribution in [-0.4, -0.2) is 28.2 Å². The highest BCUT2D eigenvalue weighted by atomic mass is 16.5. The van der Waals surface area contributed by atoms with E-state index in [4.69, 9.17) is 9.63 Å². The quantitative estimate of drug-likeness (QED) is 0.761. The van der Waals surface area contributed by atoms with Crippen molar-refractivity contribution in [1.82, 2.24) is 10.5 Å². The Morgan fingerprint density at radius 2 is 2.00 bits per heavy atom. The van der Waals surface area contributed by atoms with Crippen LogP contribution in [0.3, 0.4) is 0 Å². The van der Waals surface area contributed by atoms with Crippen molar-refractivity contribution in [3.63, 3.8) is 0 Å². The van der Waals surface area contributed by atoms with E-state index in [2.05, 4.69) is 10.5 Å². The smallest absolute Gasteiger partial charge is 0.303 e. The zero-order valence-electron chi connectivity index (χ0n) is 14.6. The van der Waals surface area contributed by atoms with Crippen LogP contribution < -0.4 is 5.32 Å². The summed E-state index contributed by atoms with van der Waals surface area (Å²) in [5.41, 5.74) is 1.55. The number of nitrogens with one attached hydrogen (secondary N) is 1. The Balaban J connectivity index is 1.92. The molecule has 2 N–H and O–H groups in total. The van der Waals surface area contributed by atoms with Crippen molar-refractivity contribution >= 4 is 11.9 Å². The lowest BCUT2D eigenvalue weighted by Gasteiger charge is -2.27. The predicted molar refractivity (Wildman–Crippen MR) is 89.7 cm³/mol. The molecule has 0 aliphatic heterocycles. The molecule has 2 rings (SSSR count). The average Bonchev–Trinajstić information content (AvgIpc) is 2.85. The van der Waals surface area contributed by atoms with Crippen molar-refractivity contribution < 1.29 is 19.2 Å². The van der Waals surface area contributed by atoms with Gasteiger partial charge in [0.2, 0.25) is 5.91 Å². The lowest BCUT2D eigenvalue weighted by atomic mass is 9.84. The summed E-state index contributed by atoms with van der Waals surface area (Å²) < 4.78 is 5.09. The number of carboxylic acids is 1. The molecule has 0 spiro atoms. The number of amides is 1. The van der Waals surface area contributed by atoms with Gasteiger partial charge in [-0.3, -0.25) is 9.59 Å². The molecule has 6 heteroatoms. The first-order valence-electron chi connectivity index (χ1n) is 8.88. The fourth-order valence-electron chi connectivity index (χ4n) is 3.57. The molecule has 1 aliphatic carbocycles. The molecule has 0 saturated heterocycles. The predicted octanol–water partition coefficient (Wildman–Crippen LogP) is 3.15. The summed E-state index contributed by atoms with van der Waals surface area (Å²) in [6, 6.07) is -0.0721. The molecule has 134 valence electrons. The molecule has 6 nitrogen and oxygen atoms in total. The first-order chi connectivity index (χ1) is 11.5. The number of aryl methyl sites for hydroxylation is 2. The molecular weight excluding hydrogens is 308 g/mol. The molecule has 1 aromatic rings. The van der Waals surface area contributed by atoms with Gasteiger partial charge in [0.05, 0.1) is 12.1 Å². The second kappa shape index (κ2) is 8.85. The monoisotopic (exact) mass is 336 g/mol. The van der Waals surface area contributed by atoms with Crippen molar-refractivity contribution in [2.24, 2.45) is 5.92 Å². The van der Waals surface area contributed by atoms with E-state index in [9.17, 15) is 9.59 Å². The largest absolute Gasteiger partial charge is 0.481 e. The van der Waals surface area contributed by atoms with E-state index in [1.807, 2.05) is 6.92 Å². The van der Waals surface area contributed by atoms with Gasteiger partial charge in [-0.25, -0.2) is 0 Å². The third-order valence-corrected chi connectivity index (χ3v) is 4.93. The summed E-state index contributed by atoms with van der Waals surface area (Å²) in [4.78, 5) is 23.3. The summed E-state index contributed by atoms with van der Waals surface area (Å²) in [5.74, 6) is 0.355. The molecule has 1 aromatic heterocycles. The van der Waals surface area contributed by atoms with Gasteiger partial charge >= 0.3 is 5.97 Å². The molecule has 1 unspecified atom stereocenters. The van der Waals surface area contributed by atoms with Crippen LogP contribution in [0.5, 0.6) is 0 Å². The lowest BCUT2D eigenvalue weighted by molar-refractivity contribution is -0.137. The maximum Gasteiger partial charge on any atom is 0.303 e. The molecule has 0 aromatic carbocycles. The highest BCUT2D eigenvalue weighted by Crippen LogP contribution is 2.28. The van der Waals surface area contributed by atoms with Crippen molar-refractivity contribution in [2.45, 2.75) is 77.7 Å². The SMILES string of the molecule is Cc1noc(C)c1CC(=O)NC(CCC(=O)O)CC1CCCCC1. The minimum absolute atomic E-state index is 0.0721. The summed E-state index contributed by atoms with van der Waals surface area (Å²) in [7, 11) is 0. The number of carboxylic acid groups (broad SMARTS) is 1. The van der Waals surface area contributed by atoms with Gasteiger partial charge in [0.15, 0.2) is 0 Å². The van der Waals surface area contributed by atoms with Gasteiger partial charge in [-0.05, 0) is 32.6 Å². The average molecular weight is 336 g/mol. The van der Waals surface area contributed by atoms with E-state index in [0.717, 1.165) is 17.7 Å². The number of rotatable bonds is 8. The molecule has 1 amide bonds. The summed E-state index contributed by atoms with van der Waals surface area (Å²) in [6.07, 6.45) is 7.81. The molecule has 1 aliphatic rings. The maximum atomic E-state index is 12.4. The van der Waals surface area contributed by atoms with Gasteiger partial charge in [-0.15, -0.1) is 0 Å². The Labute approximate surface area is 143 Å². The van der Waals surface area contributed by atoms with Gasteiger partial charge in [0.1, 0.15) is 5.76 Å². The van der Waals surface area contributed by atoms with E-state index >= 15 is 0 Å². The number of hydrogen-bond acceptors (Lipinski definition) is 4. The number of nitrogens with zero attached hydrogens (tertiary/aromatic N) is 1. The first-order valence-corrected chi connectivity index (χ1v) is 8.88.